The number of ether oxygens (including phenoxy) is 2. The van der Waals surface area contributed by atoms with E-state index in [2.05, 4.69) is 0 Å². The summed E-state index contributed by atoms with van der Waals surface area (Å²) >= 11 is 0. The number of nitrogens with zero attached hydrogens (tertiary/aromatic N) is 1. The van der Waals surface area contributed by atoms with Crippen LogP contribution in [0.25, 0.3) is 16.6 Å². The molecule has 1 heterocycles. The van der Waals surface area contributed by atoms with E-state index >= 15 is 0 Å². The molecule has 1 aromatic heterocycles. The summed E-state index contributed by atoms with van der Waals surface area (Å²) < 4.78 is 48.2. The quantitative estimate of drug-likeness (QED) is 0.657. The minimum atomic E-state index is -4.40. The Morgan fingerprint density at radius 3 is 2.60 bits per heavy atom. The van der Waals surface area contributed by atoms with E-state index < -0.39 is 18.8 Å². The molecule has 3 rings (SSSR count). The number of esters is 1. The summed E-state index contributed by atoms with van der Waals surface area (Å²) in [4.78, 5) is 11.8. The van der Waals surface area contributed by atoms with Crippen LogP contribution in [0.1, 0.15) is 10.4 Å². The van der Waals surface area contributed by atoms with Crippen LogP contribution in [0.4, 0.5) is 13.2 Å². The topological polar surface area (TPSA) is 40.5 Å². The summed E-state index contributed by atoms with van der Waals surface area (Å²) in [6.45, 7) is -1.35. The van der Waals surface area contributed by atoms with Crippen molar-refractivity contribution in [3.05, 3.63) is 60.3 Å². The van der Waals surface area contributed by atoms with E-state index in [-0.39, 0.29) is 5.75 Å². The number of benzene rings is 2. The molecule has 0 aliphatic carbocycles. The highest BCUT2D eigenvalue weighted by Crippen LogP contribution is 2.26. The van der Waals surface area contributed by atoms with Gasteiger partial charge in [-0.2, -0.15) is 13.2 Å². The van der Waals surface area contributed by atoms with Crippen LogP contribution >= 0.6 is 0 Å². The lowest BCUT2D eigenvalue weighted by Crippen LogP contribution is -2.19. The Morgan fingerprint density at radius 1 is 1.12 bits per heavy atom. The number of hydrogen-bond donors (Lipinski definition) is 0. The summed E-state index contributed by atoms with van der Waals surface area (Å²) in [5, 5.41) is 0.691. The van der Waals surface area contributed by atoms with Crippen LogP contribution in [0.15, 0.2) is 54.7 Å². The molecule has 0 N–H and O–H groups in total. The molecule has 7 heteroatoms. The number of rotatable bonds is 4. The van der Waals surface area contributed by atoms with Gasteiger partial charge in [-0.25, -0.2) is 4.79 Å². The molecule has 0 saturated heterocycles. The lowest BCUT2D eigenvalue weighted by atomic mass is 10.1. The van der Waals surface area contributed by atoms with Crippen LogP contribution in [0.5, 0.6) is 5.75 Å². The molecule has 0 radical (unpaired) electrons. The number of halogens is 3. The van der Waals surface area contributed by atoms with Gasteiger partial charge in [-0.1, -0.05) is 12.1 Å². The molecule has 0 atom stereocenters. The van der Waals surface area contributed by atoms with Crippen molar-refractivity contribution in [2.75, 3.05) is 13.7 Å². The highest BCUT2D eigenvalue weighted by Gasteiger charge is 2.28. The zero-order chi connectivity index (χ0) is 18.0. The van der Waals surface area contributed by atoms with Crippen LogP contribution in [0, 0.1) is 0 Å². The number of fused-ring (bicyclic) bond motifs is 1. The first kappa shape index (κ1) is 16.9. The van der Waals surface area contributed by atoms with Gasteiger partial charge in [0.2, 0.25) is 0 Å². The Hall–Kier alpha value is -2.96. The van der Waals surface area contributed by atoms with E-state index in [1.54, 1.807) is 41.1 Å². The molecule has 0 aliphatic rings. The van der Waals surface area contributed by atoms with Gasteiger partial charge in [0, 0.05) is 23.3 Å². The molecule has 0 amide bonds. The van der Waals surface area contributed by atoms with Crippen molar-refractivity contribution in [1.29, 1.82) is 0 Å². The molecule has 2 aromatic carbocycles. The van der Waals surface area contributed by atoms with E-state index in [4.69, 9.17) is 9.47 Å². The average Bonchev–Trinajstić information content (AvgIpc) is 3.03. The van der Waals surface area contributed by atoms with Gasteiger partial charge in [0.05, 0.1) is 18.2 Å². The maximum atomic E-state index is 12.3. The Bertz CT molecular complexity index is 915. The second-order valence-electron chi connectivity index (χ2n) is 5.32. The summed E-state index contributed by atoms with van der Waals surface area (Å²) in [6.07, 6.45) is -2.66. The summed E-state index contributed by atoms with van der Waals surface area (Å²) in [6, 6.07) is 13.3. The van der Waals surface area contributed by atoms with Crippen LogP contribution in [-0.4, -0.2) is 30.4 Å². The molecule has 0 fully saturated rings. The zero-order valence-electron chi connectivity index (χ0n) is 13.2. The lowest BCUT2D eigenvalue weighted by Gasteiger charge is -2.11. The SMILES string of the molecule is COC(=O)c1cccc2c1ccn2-c1cccc(OCC(F)(F)F)c1. The van der Waals surface area contributed by atoms with Gasteiger partial charge in [0.1, 0.15) is 5.75 Å². The van der Waals surface area contributed by atoms with Crippen molar-refractivity contribution in [3.63, 3.8) is 0 Å². The normalized spacial score (nSPS) is 11.5. The van der Waals surface area contributed by atoms with E-state index in [1.165, 1.54) is 19.2 Å². The van der Waals surface area contributed by atoms with Gasteiger partial charge in [-0.15, -0.1) is 0 Å². The highest BCUT2D eigenvalue weighted by molar-refractivity contribution is 6.04. The van der Waals surface area contributed by atoms with Crippen molar-refractivity contribution in [2.24, 2.45) is 0 Å². The third kappa shape index (κ3) is 3.60. The van der Waals surface area contributed by atoms with Gasteiger partial charge >= 0.3 is 12.1 Å². The molecule has 0 spiro atoms. The first-order valence-electron chi connectivity index (χ1n) is 7.37. The maximum absolute atomic E-state index is 12.3. The third-order valence-electron chi connectivity index (χ3n) is 3.64. The Labute approximate surface area is 141 Å². The van der Waals surface area contributed by atoms with Crippen molar-refractivity contribution >= 4 is 16.9 Å². The van der Waals surface area contributed by atoms with Gasteiger partial charge in [-0.05, 0) is 30.3 Å². The summed E-state index contributed by atoms with van der Waals surface area (Å²) in [5.74, 6) is -0.341. The number of methoxy groups -OCH3 is 1. The zero-order valence-corrected chi connectivity index (χ0v) is 13.2. The lowest BCUT2D eigenvalue weighted by molar-refractivity contribution is -0.153. The van der Waals surface area contributed by atoms with Crippen LogP contribution in [0.2, 0.25) is 0 Å². The smallest absolute Gasteiger partial charge is 0.422 e. The fraction of sp³-hybridized carbons (Fsp3) is 0.167. The van der Waals surface area contributed by atoms with Gasteiger partial charge in [0.25, 0.3) is 0 Å². The van der Waals surface area contributed by atoms with E-state index in [0.29, 0.717) is 16.6 Å². The predicted octanol–water partition coefficient (Wildman–Crippen LogP) is 4.36. The number of carbonyl (C=O) groups excluding carboxylic acids is 1. The first-order valence-corrected chi connectivity index (χ1v) is 7.37. The summed E-state index contributed by atoms with van der Waals surface area (Å²) in [7, 11) is 1.31. The summed E-state index contributed by atoms with van der Waals surface area (Å²) in [5.41, 5.74) is 1.77. The Morgan fingerprint density at radius 2 is 1.88 bits per heavy atom. The van der Waals surface area contributed by atoms with Crippen molar-refractivity contribution in [1.82, 2.24) is 4.57 Å². The number of aromatic nitrogens is 1. The molecular formula is C18H14F3NO3. The van der Waals surface area contributed by atoms with Gasteiger partial charge in [-0.3, -0.25) is 0 Å². The van der Waals surface area contributed by atoms with Crippen LogP contribution in [-0.2, 0) is 4.74 Å². The Kier molecular flexibility index (Phi) is 4.39. The molecule has 0 aliphatic heterocycles. The van der Waals surface area contributed by atoms with E-state index in [9.17, 15) is 18.0 Å². The number of hydrogen-bond acceptors (Lipinski definition) is 3. The molecule has 3 aromatic rings. The van der Waals surface area contributed by atoms with Crippen molar-refractivity contribution < 1.29 is 27.4 Å². The average molecular weight is 349 g/mol. The monoisotopic (exact) mass is 349 g/mol. The molecule has 130 valence electrons. The predicted molar refractivity (Wildman–Crippen MR) is 86.2 cm³/mol. The van der Waals surface area contributed by atoms with Crippen molar-refractivity contribution in [2.45, 2.75) is 6.18 Å². The Balaban J connectivity index is 1.99. The number of carbonyl (C=O) groups is 1. The molecular weight excluding hydrogens is 335 g/mol. The van der Waals surface area contributed by atoms with Gasteiger partial charge < -0.3 is 14.0 Å². The van der Waals surface area contributed by atoms with Crippen LogP contribution in [0.3, 0.4) is 0 Å². The van der Waals surface area contributed by atoms with Gasteiger partial charge in [0.15, 0.2) is 6.61 Å². The fourth-order valence-corrected chi connectivity index (χ4v) is 2.57. The molecule has 0 bridgehead atoms. The van der Waals surface area contributed by atoms with Crippen molar-refractivity contribution in [3.8, 4) is 11.4 Å². The minimum Gasteiger partial charge on any atom is -0.484 e. The number of alkyl halides is 3. The molecule has 0 unspecified atom stereocenters. The fourth-order valence-electron chi connectivity index (χ4n) is 2.57. The van der Waals surface area contributed by atoms with E-state index in [0.717, 1.165) is 5.52 Å². The third-order valence-corrected chi connectivity index (χ3v) is 3.64. The molecule has 25 heavy (non-hydrogen) atoms. The second-order valence-corrected chi connectivity index (χ2v) is 5.32. The highest BCUT2D eigenvalue weighted by atomic mass is 19.4. The minimum absolute atomic E-state index is 0.112. The largest absolute Gasteiger partial charge is 0.484 e. The van der Waals surface area contributed by atoms with E-state index in [1.807, 2.05) is 6.07 Å². The standard InChI is InChI=1S/C18H14F3NO3/c1-24-17(23)15-6-3-7-16-14(15)8-9-22(16)12-4-2-5-13(10-12)25-11-18(19,20)21/h2-10H,11H2,1H3. The van der Waals surface area contributed by atoms with Crippen LogP contribution < -0.4 is 4.74 Å². The second kappa shape index (κ2) is 6.51. The maximum Gasteiger partial charge on any atom is 0.422 e. The first-order chi connectivity index (χ1) is 11.9. The molecule has 0 saturated carbocycles. The molecule has 4 nitrogen and oxygen atoms in total.